The highest BCUT2D eigenvalue weighted by atomic mass is 16.5. The summed E-state index contributed by atoms with van der Waals surface area (Å²) in [6.45, 7) is 6.08. The third kappa shape index (κ3) is 3.78. The maximum atomic E-state index is 5.99. The van der Waals surface area contributed by atoms with E-state index >= 15 is 0 Å². The first-order valence-corrected chi connectivity index (χ1v) is 7.63. The molecule has 4 heteroatoms. The Morgan fingerprint density at radius 2 is 1.95 bits per heavy atom. The van der Waals surface area contributed by atoms with Crippen LogP contribution >= 0.6 is 0 Å². The molecule has 1 saturated carbocycles. The van der Waals surface area contributed by atoms with E-state index in [0.29, 0.717) is 11.7 Å². The third-order valence-corrected chi connectivity index (χ3v) is 4.18. The van der Waals surface area contributed by atoms with Crippen LogP contribution in [-0.2, 0) is 5.54 Å². The van der Waals surface area contributed by atoms with Gasteiger partial charge in [0.25, 0.3) is 0 Å². The van der Waals surface area contributed by atoms with Crippen LogP contribution in [0.25, 0.3) is 0 Å². The molecule has 1 fully saturated rings. The Labute approximate surface area is 116 Å². The van der Waals surface area contributed by atoms with Gasteiger partial charge < -0.3 is 10.3 Å². The minimum atomic E-state index is -0.514. The minimum absolute atomic E-state index is 0.446. The molecule has 0 spiro atoms. The van der Waals surface area contributed by atoms with E-state index in [1.54, 1.807) is 0 Å². The molecule has 4 nitrogen and oxygen atoms in total. The molecule has 1 heterocycles. The molecular weight excluding hydrogens is 238 g/mol. The fraction of sp³-hybridized carbons (Fsp3) is 0.867. The predicted octanol–water partition coefficient (Wildman–Crippen LogP) is 3.73. The van der Waals surface area contributed by atoms with E-state index in [4.69, 9.17) is 10.3 Å². The molecule has 0 saturated heterocycles. The number of nitrogens with two attached hydrogens (primary N) is 1. The summed E-state index contributed by atoms with van der Waals surface area (Å²) in [4.78, 5) is 4.49. The first-order chi connectivity index (χ1) is 9.00. The summed E-state index contributed by atoms with van der Waals surface area (Å²) in [6, 6.07) is 0. The van der Waals surface area contributed by atoms with Gasteiger partial charge in [-0.2, -0.15) is 4.98 Å². The molecule has 2 rings (SSSR count). The van der Waals surface area contributed by atoms with Gasteiger partial charge in [0.2, 0.25) is 5.89 Å². The van der Waals surface area contributed by atoms with Crippen LogP contribution in [-0.4, -0.2) is 10.1 Å². The molecule has 0 aromatic carbocycles. The van der Waals surface area contributed by atoms with Crippen LogP contribution < -0.4 is 5.73 Å². The third-order valence-electron chi connectivity index (χ3n) is 4.18. The Balaban J connectivity index is 1.89. The van der Waals surface area contributed by atoms with E-state index in [1.807, 2.05) is 13.8 Å². The average Bonchev–Trinajstić information content (AvgIpc) is 2.86. The van der Waals surface area contributed by atoms with E-state index in [-0.39, 0.29) is 0 Å². The van der Waals surface area contributed by atoms with Crippen LogP contribution in [0, 0.1) is 5.92 Å². The summed E-state index contributed by atoms with van der Waals surface area (Å²) in [7, 11) is 0. The van der Waals surface area contributed by atoms with Gasteiger partial charge >= 0.3 is 0 Å². The van der Waals surface area contributed by atoms with Gasteiger partial charge in [-0.05, 0) is 45.4 Å². The van der Waals surface area contributed by atoms with Gasteiger partial charge in [0, 0.05) is 5.92 Å². The second kappa shape index (κ2) is 6.04. The molecule has 19 heavy (non-hydrogen) atoms. The van der Waals surface area contributed by atoms with Crippen molar-refractivity contribution in [1.29, 1.82) is 0 Å². The van der Waals surface area contributed by atoms with Crippen LogP contribution in [0.2, 0.25) is 0 Å². The average molecular weight is 265 g/mol. The second-order valence-electron chi connectivity index (χ2n) is 6.54. The van der Waals surface area contributed by atoms with Crippen LogP contribution in [0.1, 0.15) is 83.3 Å². The summed E-state index contributed by atoms with van der Waals surface area (Å²) in [5.41, 5.74) is 5.48. The van der Waals surface area contributed by atoms with Crippen LogP contribution in [0.15, 0.2) is 4.52 Å². The zero-order valence-corrected chi connectivity index (χ0v) is 12.5. The number of hydrogen-bond acceptors (Lipinski definition) is 4. The van der Waals surface area contributed by atoms with Crippen molar-refractivity contribution in [2.75, 3.05) is 0 Å². The molecule has 0 bridgehead atoms. The molecule has 0 amide bonds. The highest BCUT2D eigenvalue weighted by Crippen LogP contribution is 2.37. The van der Waals surface area contributed by atoms with Crippen molar-refractivity contribution < 1.29 is 4.52 Å². The topological polar surface area (TPSA) is 64.9 Å². The van der Waals surface area contributed by atoms with E-state index in [2.05, 4.69) is 17.1 Å². The molecule has 0 radical (unpaired) electrons. The summed E-state index contributed by atoms with van der Waals surface area (Å²) in [5, 5.41) is 4.02. The van der Waals surface area contributed by atoms with E-state index < -0.39 is 5.54 Å². The molecule has 2 N–H and O–H groups in total. The number of unbranched alkanes of at least 4 members (excludes halogenated alkanes) is 1. The lowest BCUT2D eigenvalue weighted by Crippen LogP contribution is -2.30. The van der Waals surface area contributed by atoms with Crippen LogP contribution in [0.5, 0.6) is 0 Å². The Kier molecular flexibility index (Phi) is 4.61. The van der Waals surface area contributed by atoms with Gasteiger partial charge in [-0.3, -0.25) is 0 Å². The van der Waals surface area contributed by atoms with Gasteiger partial charge in [-0.1, -0.05) is 31.3 Å². The maximum absolute atomic E-state index is 5.99. The summed E-state index contributed by atoms with van der Waals surface area (Å²) >= 11 is 0. The maximum Gasteiger partial charge on any atom is 0.229 e. The smallest absolute Gasteiger partial charge is 0.229 e. The second-order valence-corrected chi connectivity index (χ2v) is 6.54. The van der Waals surface area contributed by atoms with Crippen molar-refractivity contribution in [1.82, 2.24) is 10.1 Å². The van der Waals surface area contributed by atoms with Crippen LogP contribution in [0.4, 0.5) is 0 Å². The molecule has 0 atom stereocenters. The lowest BCUT2D eigenvalue weighted by atomic mass is 9.80. The highest BCUT2D eigenvalue weighted by molar-refractivity contribution is 5.02. The summed E-state index contributed by atoms with van der Waals surface area (Å²) < 4.78 is 5.41. The monoisotopic (exact) mass is 265 g/mol. The zero-order valence-electron chi connectivity index (χ0n) is 12.5. The minimum Gasteiger partial charge on any atom is -0.339 e. The van der Waals surface area contributed by atoms with Gasteiger partial charge in [-0.25, -0.2) is 0 Å². The Morgan fingerprint density at radius 1 is 1.26 bits per heavy atom. The van der Waals surface area contributed by atoms with E-state index in [0.717, 1.165) is 11.8 Å². The normalized spacial score (nSPS) is 24.6. The Bertz CT molecular complexity index is 386. The molecule has 1 aromatic heterocycles. The number of hydrogen-bond donors (Lipinski definition) is 1. The van der Waals surface area contributed by atoms with Gasteiger partial charge in [0.15, 0.2) is 5.82 Å². The number of aromatic nitrogens is 2. The van der Waals surface area contributed by atoms with Gasteiger partial charge in [0.05, 0.1) is 5.54 Å². The number of rotatable bonds is 5. The fourth-order valence-corrected chi connectivity index (χ4v) is 2.85. The lowest BCUT2D eigenvalue weighted by molar-refractivity contribution is 0.259. The zero-order chi connectivity index (χ0) is 13.9. The Morgan fingerprint density at radius 3 is 2.47 bits per heavy atom. The molecule has 108 valence electrons. The molecular formula is C15H27N3O. The molecule has 1 aliphatic rings. The van der Waals surface area contributed by atoms with Crippen molar-refractivity contribution >= 4 is 0 Å². The standard InChI is InChI=1S/C15H27N3O/c1-4-5-6-11-7-9-12(10-8-11)13-17-14(18-19-13)15(2,3)16/h11-12H,4-10,16H2,1-3H3. The molecule has 0 aliphatic heterocycles. The van der Waals surface area contributed by atoms with Gasteiger partial charge in [0.1, 0.15) is 0 Å². The van der Waals surface area contributed by atoms with E-state index in [9.17, 15) is 0 Å². The summed E-state index contributed by atoms with van der Waals surface area (Å²) in [5.74, 6) is 2.77. The highest BCUT2D eigenvalue weighted by Gasteiger charge is 2.28. The molecule has 0 unspecified atom stereocenters. The Hall–Kier alpha value is -0.900. The molecule has 1 aromatic rings. The quantitative estimate of drug-likeness (QED) is 0.881. The SMILES string of the molecule is CCCCC1CCC(c2nc(C(C)(C)N)no2)CC1. The van der Waals surface area contributed by atoms with Crippen molar-refractivity contribution in [2.24, 2.45) is 11.7 Å². The summed E-state index contributed by atoms with van der Waals surface area (Å²) in [6.07, 6.45) is 9.01. The van der Waals surface area contributed by atoms with Crippen molar-refractivity contribution in [3.63, 3.8) is 0 Å². The largest absolute Gasteiger partial charge is 0.339 e. The lowest BCUT2D eigenvalue weighted by Gasteiger charge is -2.26. The molecule has 1 aliphatic carbocycles. The first kappa shape index (κ1) is 14.5. The first-order valence-electron chi connectivity index (χ1n) is 7.63. The van der Waals surface area contributed by atoms with Gasteiger partial charge in [-0.15, -0.1) is 0 Å². The number of nitrogens with zero attached hydrogens (tertiary/aromatic N) is 2. The van der Waals surface area contributed by atoms with Crippen molar-refractivity contribution in [3.05, 3.63) is 11.7 Å². The fourth-order valence-electron chi connectivity index (χ4n) is 2.85. The predicted molar refractivity (Wildman–Crippen MR) is 75.7 cm³/mol. The van der Waals surface area contributed by atoms with Crippen LogP contribution in [0.3, 0.4) is 0 Å². The van der Waals surface area contributed by atoms with Crippen molar-refractivity contribution in [3.8, 4) is 0 Å². The van der Waals surface area contributed by atoms with E-state index in [1.165, 1.54) is 44.9 Å². The van der Waals surface area contributed by atoms with Crippen molar-refractivity contribution in [2.45, 2.75) is 77.2 Å².